The van der Waals surface area contributed by atoms with Crippen molar-refractivity contribution in [1.29, 1.82) is 0 Å². The summed E-state index contributed by atoms with van der Waals surface area (Å²) in [6.07, 6.45) is -4.66. The van der Waals surface area contributed by atoms with E-state index in [0.717, 1.165) is 19.4 Å². The number of benzene rings is 4. The summed E-state index contributed by atoms with van der Waals surface area (Å²) in [6, 6.07) is 32.6. The standard InChI is InChI=1S/C46H50N4O11S/c1-29(51)58-28-41(60-31(3)53)43(61-32(4)54)40(59-30(2)52)26-39-42(49-48-36-20-24-38(57-7)25-21-36)44(50(5)27-33-14-10-8-11-15-33)62-46(39,34-16-12-9-13-17-34)45(55)47-35-18-22-37(56-6)23-19-35/h8-25,39-41,43H,26-28H2,1-7H3,(H,47,55)/t39-,40+,41+,43-,46+/m0/s1. The lowest BCUT2D eigenvalue weighted by atomic mass is 9.78. The number of carbonyl (C=O) groups is 5. The fourth-order valence-electron chi connectivity index (χ4n) is 7.04. The van der Waals surface area contributed by atoms with Crippen molar-refractivity contribution in [1.82, 2.24) is 4.90 Å². The topological polar surface area (TPSA) is 181 Å². The molecule has 1 aliphatic heterocycles. The zero-order valence-electron chi connectivity index (χ0n) is 35.6. The molecule has 4 aromatic carbocycles. The van der Waals surface area contributed by atoms with Gasteiger partial charge in [-0.3, -0.25) is 24.0 Å². The second-order valence-corrected chi connectivity index (χ2v) is 15.5. The number of esters is 4. The summed E-state index contributed by atoms with van der Waals surface area (Å²) in [6.45, 7) is 4.47. The summed E-state index contributed by atoms with van der Waals surface area (Å²) < 4.78 is 31.8. The molecule has 5 atom stereocenters. The normalized spacial score (nSPS) is 17.3. The molecule has 326 valence electrons. The van der Waals surface area contributed by atoms with Gasteiger partial charge in [0.2, 0.25) is 5.91 Å². The molecule has 0 fully saturated rings. The number of thioether (sulfide) groups is 1. The molecular formula is C46H50N4O11S. The molecule has 0 unspecified atom stereocenters. The van der Waals surface area contributed by atoms with E-state index in [-0.39, 0.29) is 6.42 Å². The number of amides is 1. The fraction of sp³-hybridized carbons (Fsp3) is 0.326. The van der Waals surface area contributed by atoms with E-state index in [1.165, 1.54) is 25.6 Å². The van der Waals surface area contributed by atoms with Crippen LogP contribution in [0.15, 0.2) is 130 Å². The van der Waals surface area contributed by atoms with E-state index in [9.17, 15) is 19.2 Å². The van der Waals surface area contributed by atoms with Crippen LogP contribution in [0.25, 0.3) is 0 Å². The third-order valence-electron chi connectivity index (χ3n) is 9.73. The first-order chi connectivity index (χ1) is 29.7. The molecule has 15 nitrogen and oxygen atoms in total. The average molecular weight is 867 g/mol. The Labute approximate surface area is 364 Å². The Balaban J connectivity index is 1.79. The maximum atomic E-state index is 15.5. The number of allylic oxidation sites excluding steroid dienone is 1. The summed E-state index contributed by atoms with van der Waals surface area (Å²) in [7, 11) is 4.97. The van der Waals surface area contributed by atoms with Gasteiger partial charge in [-0.25, -0.2) is 0 Å². The molecule has 0 aromatic heterocycles. The second-order valence-electron chi connectivity index (χ2n) is 14.3. The molecule has 0 saturated carbocycles. The number of ether oxygens (including phenoxy) is 6. The molecule has 1 heterocycles. The molecule has 0 saturated heterocycles. The summed E-state index contributed by atoms with van der Waals surface area (Å²) in [4.78, 5) is 68.0. The van der Waals surface area contributed by atoms with E-state index in [1.54, 1.807) is 74.9 Å². The highest BCUT2D eigenvalue weighted by molar-refractivity contribution is 8.04. The number of hydrogen-bond donors (Lipinski definition) is 1. The highest BCUT2D eigenvalue weighted by atomic mass is 32.2. The quantitative estimate of drug-likeness (QED) is 0.0550. The van der Waals surface area contributed by atoms with Gasteiger partial charge >= 0.3 is 23.9 Å². The number of carbonyl (C=O) groups excluding carboxylic acids is 5. The zero-order valence-corrected chi connectivity index (χ0v) is 36.4. The van der Waals surface area contributed by atoms with E-state index < -0.39 is 65.4 Å². The van der Waals surface area contributed by atoms with Gasteiger partial charge in [0.05, 0.1) is 30.6 Å². The first-order valence-corrected chi connectivity index (χ1v) is 20.5. The fourth-order valence-corrected chi connectivity index (χ4v) is 8.60. The third kappa shape index (κ3) is 12.0. The minimum absolute atomic E-state index is 0.257. The van der Waals surface area contributed by atoms with Crippen molar-refractivity contribution in [3.8, 4) is 11.5 Å². The Morgan fingerprint density at radius 1 is 0.694 bits per heavy atom. The number of methoxy groups -OCH3 is 2. The van der Waals surface area contributed by atoms with Crippen molar-refractivity contribution in [3.63, 3.8) is 0 Å². The first-order valence-electron chi connectivity index (χ1n) is 19.6. The smallest absolute Gasteiger partial charge is 0.303 e. The van der Waals surface area contributed by atoms with Gasteiger partial charge in [0, 0.05) is 52.9 Å². The lowest BCUT2D eigenvalue weighted by Crippen LogP contribution is -2.50. The minimum Gasteiger partial charge on any atom is -0.497 e. The number of hydrogen-bond acceptors (Lipinski definition) is 15. The number of anilines is 1. The molecule has 4 aromatic rings. The zero-order chi connectivity index (χ0) is 44.8. The highest BCUT2D eigenvalue weighted by Gasteiger charge is 2.58. The molecule has 1 amide bonds. The molecule has 0 radical (unpaired) electrons. The van der Waals surface area contributed by atoms with Crippen LogP contribution in [-0.4, -0.2) is 80.9 Å². The number of nitrogens with one attached hydrogen (secondary N) is 1. The summed E-state index contributed by atoms with van der Waals surface area (Å²) in [5, 5.41) is 13.3. The van der Waals surface area contributed by atoms with E-state index in [1.807, 2.05) is 60.5 Å². The predicted molar refractivity (Wildman–Crippen MR) is 231 cm³/mol. The number of nitrogens with zero attached hydrogens (tertiary/aromatic N) is 3. The summed E-state index contributed by atoms with van der Waals surface area (Å²) >= 11 is 1.24. The van der Waals surface area contributed by atoms with Crippen LogP contribution in [0.3, 0.4) is 0 Å². The van der Waals surface area contributed by atoms with Gasteiger partial charge in [-0.05, 0) is 66.1 Å². The Hall–Kier alpha value is -6.68. The van der Waals surface area contributed by atoms with Crippen molar-refractivity contribution < 1.29 is 52.4 Å². The molecule has 0 bridgehead atoms. The highest BCUT2D eigenvalue weighted by Crippen LogP contribution is 2.60. The van der Waals surface area contributed by atoms with Gasteiger partial charge in [-0.1, -0.05) is 72.4 Å². The minimum atomic E-state index is -1.60. The van der Waals surface area contributed by atoms with Crippen molar-refractivity contribution >= 4 is 52.9 Å². The van der Waals surface area contributed by atoms with E-state index in [4.69, 9.17) is 33.5 Å². The van der Waals surface area contributed by atoms with Crippen LogP contribution < -0.4 is 14.8 Å². The van der Waals surface area contributed by atoms with Gasteiger partial charge in [0.15, 0.2) is 12.2 Å². The number of azo groups is 1. The van der Waals surface area contributed by atoms with Gasteiger partial charge < -0.3 is 38.6 Å². The number of rotatable bonds is 19. The lowest BCUT2D eigenvalue weighted by molar-refractivity contribution is -0.190. The van der Waals surface area contributed by atoms with E-state index >= 15 is 4.79 Å². The van der Waals surface area contributed by atoms with Crippen LogP contribution in [0.2, 0.25) is 0 Å². The summed E-state index contributed by atoms with van der Waals surface area (Å²) in [5.41, 5.74) is 2.79. The van der Waals surface area contributed by atoms with Crippen molar-refractivity contribution in [2.75, 3.05) is 33.2 Å². The van der Waals surface area contributed by atoms with Gasteiger partial charge in [-0.2, -0.15) is 10.2 Å². The monoisotopic (exact) mass is 866 g/mol. The third-order valence-corrected chi connectivity index (χ3v) is 11.5. The SMILES string of the molecule is COc1ccc(N=NC2=C(N(C)Cc3ccccc3)S[C@](C(=O)Nc3ccc(OC)cc3)(c3ccccc3)[C@H]2C[C@@H](OC(C)=O)[C@H](OC(C)=O)[C@@H](COC(C)=O)OC(C)=O)cc1. The van der Waals surface area contributed by atoms with Crippen LogP contribution in [-0.2, 0) is 54.2 Å². The predicted octanol–water partition coefficient (Wildman–Crippen LogP) is 7.73. The van der Waals surface area contributed by atoms with Crippen molar-refractivity contribution in [3.05, 3.63) is 131 Å². The Morgan fingerprint density at radius 2 is 1.24 bits per heavy atom. The van der Waals surface area contributed by atoms with Crippen LogP contribution in [0.5, 0.6) is 11.5 Å². The Morgan fingerprint density at radius 3 is 1.79 bits per heavy atom. The lowest BCUT2D eigenvalue weighted by Gasteiger charge is -2.38. The molecule has 0 spiro atoms. The van der Waals surface area contributed by atoms with Gasteiger partial charge in [0.1, 0.15) is 29.0 Å². The summed E-state index contributed by atoms with van der Waals surface area (Å²) in [5.74, 6) is -3.37. The van der Waals surface area contributed by atoms with Crippen LogP contribution in [0.1, 0.15) is 45.2 Å². The molecular weight excluding hydrogens is 817 g/mol. The van der Waals surface area contributed by atoms with Gasteiger partial charge in [-0.15, -0.1) is 0 Å². The molecule has 62 heavy (non-hydrogen) atoms. The molecule has 5 rings (SSSR count). The van der Waals surface area contributed by atoms with E-state index in [0.29, 0.717) is 45.7 Å². The van der Waals surface area contributed by atoms with E-state index in [2.05, 4.69) is 10.4 Å². The molecule has 16 heteroatoms. The Bertz CT molecular complexity index is 2240. The van der Waals surface area contributed by atoms with Crippen molar-refractivity contribution in [2.45, 2.75) is 63.7 Å². The first kappa shape index (κ1) is 46.4. The molecule has 0 aliphatic carbocycles. The maximum Gasteiger partial charge on any atom is 0.303 e. The van der Waals surface area contributed by atoms with Crippen LogP contribution in [0.4, 0.5) is 11.4 Å². The Kier molecular flexibility index (Phi) is 16.3. The maximum absolute atomic E-state index is 15.5. The largest absolute Gasteiger partial charge is 0.497 e. The molecule has 1 aliphatic rings. The molecule has 1 N–H and O–H groups in total. The van der Waals surface area contributed by atoms with Crippen LogP contribution in [0, 0.1) is 5.92 Å². The van der Waals surface area contributed by atoms with Gasteiger partial charge in [0.25, 0.3) is 0 Å². The average Bonchev–Trinajstić information content (AvgIpc) is 3.58. The van der Waals surface area contributed by atoms with Crippen LogP contribution >= 0.6 is 11.8 Å². The second kappa shape index (κ2) is 21.7. The van der Waals surface area contributed by atoms with Crippen molar-refractivity contribution in [2.24, 2.45) is 16.1 Å².